The minimum absolute atomic E-state index is 0.232. The van der Waals surface area contributed by atoms with Gasteiger partial charge in [0.1, 0.15) is 5.78 Å². The van der Waals surface area contributed by atoms with Gasteiger partial charge < -0.3 is 5.32 Å². The van der Waals surface area contributed by atoms with Crippen molar-refractivity contribution in [3.8, 4) is 0 Å². The molecule has 2 aliphatic rings. The standard InChI is InChI=1S/C12H12ClNO/c13-10-3-1-8(2-4-10)12-7-14-6-9(12)5-11(12)15/h1-4,9,14H,5-7H2. The molecule has 1 aromatic carbocycles. The van der Waals surface area contributed by atoms with Crippen molar-refractivity contribution in [2.24, 2.45) is 5.92 Å². The van der Waals surface area contributed by atoms with Crippen LogP contribution in [0.2, 0.25) is 5.02 Å². The number of carbonyl (C=O) groups excluding carboxylic acids is 1. The average Bonchev–Trinajstić information content (AvgIpc) is 2.57. The van der Waals surface area contributed by atoms with E-state index in [2.05, 4.69) is 5.32 Å². The summed E-state index contributed by atoms with van der Waals surface area (Å²) in [7, 11) is 0. The van der Waals surface area contributed by atoms with E-state index in [-0.39, 0.29) is 5.41 Å². The number of hydrogen-bond donors (Lipinski definition) is 1. The van der Waals surface area contributed by atoms with E-state index in [1.165, 1.54) is 0 Å². The number of nitrogens with one attached hydrogen (secondary N) is 1. The van der Waals surface area contributed by atoms with E-state index in [4.69, 9.17) is 11.6 Å². The number of Topliss-reactive ketones (excluding diaryl/α,β-unsaturated/α-hetero) is 1. The minimum Gasteiger partial charge on any atom is -0.315 e. The number of rotatable bonds is 1. The maximum atomic E-state index is 11.8. The molecule has 3 heteroatoms. The fraction of sp³-hybridized carbons (Fsp3) is 0.417. The summed E-state index contributed by atoms with van der Waals surface area (Å²) in [6, 6.07) is 7.71. The Morgan fingerprint density at radius 1 is 1.33 bits per heavy atom. The largest absolute Gasteiger partial charge is 0.315 e. The number of benzene rings is 1. The quantitative estimate of drug-likeness (QED) is 0.783. The van der Waals surface area contributed by atoms with Gasteiger partial charge in [0, 0.05) is 18.0 Å². The summed E-state index contributed by atoms with van der Waals surface area (Å²) in [5.74, 6) is 0.867. The molecule has 0 aromatic heterocycles. The normalized spacial score (nSPS) is 33.7. The van der Waals surface area contributed by atoms with Gasteiger partial charge in [-0.15, -0.1) is 0 Å². The Labute approximate surface area is 93.6 Å². The summed E-state index contributed by atoms with van der Waals surface area (Å²) in [5, 5.41) is 4.04. The maximum absolute atomic E-state index is 11.8. The Balaban J connectivity index is 2.05. The van der Waals surface area contributed by atoms with Crippen LogP contribution in [0.4, 0.5) is 0 Å². The minimum atomic E-state index is -0.232. The van der Waals surface area contributed by atoms with Crippen LogP contribution in [0.5, 0.6) is 0 Å². The van der Waals surface area contributed by atoms with Gasteiger partial charge in [0.2, 0.25) is 0 Å². The van der Waals surface area contributed by atoms with Gasteiger partial charge in [-0.05, 0) is 30.2 Å². The first-order valence-electron chi connectivity index (χ1n) is 5.23. The van der Waals surface area contributed by atoms with Crippen LogP contribution in [0, 0.1) is 5.92 Å². The van der Waals surface area contributed by atoms with Crippen LogP contribution >= 0.6 is 11.6 Å². The highest BCUT2D eigenvalue weighted by molar-refractivity contribution is 6.30. The van der Waals surface area contributed by atoms with Gasteiger partial charge >= 0.3 is 0 Å². The fourth-order valence-electron chi connectivity index (χ4n) is 2.86. The van der Waals surface area contributed by atoms with Crippen molar-refractivity contribution >= 4 is 17.4 Å². The molecule has 1 aromatic rings. The molecule has 2 unspecified atom stereocenters. The summed E-state index contributed by atoms with van der Waals surface area (Å²) in [6.45, 7) is 1.76. The third-order valence-corrected chi connectivity index (χ3v) is 4.03. The van der Waals surface area contributed by atoms with E-state index in [0.29, 0.717) is 11.7 Å². The Morgan fingerprint density at radius 2 is 2.07 bits per heavy atom. The van der Waals surface area contributed by atoms with E-state index >= 15 is 0 Å². The number of carbonyl (C=O) groups is 1. The van der Waals surface area contributed by atoms with Gasteiger partial charge in [0.15, 0.2) is 0 Å². The molecule has 2 fully saturated rings. The van der Waals surface area contributed by atoms with Crippen LogP contribution in [0.1, 0.15) is 12.0 Å². The molecular weight excluding hydrogens is 210 g/mol. The van der Waals surface area contributed by atoms with Crippen LogP contribution in [0.3, 0.4) is 0 Å². The summed E-state index contributed by atoms with van der Waals surface area (Å²) < 4.78 is 0. The molecule has 1 aliphatic carbocycles. The Hall–Kier alpha value is -0.860. The second-order valence-electron chi connectivity index (χ2n) is 4.43. The van der Waals surface area contributed by atoms with Crippen molar-refractivity contribution in [3.63, 3.8) is 0 Å². The zero-order valence-electron chi connectivity index (χ0n) is 8.29. The second kappa shape index (κ2) is 3.06. The van der Waals surface area contributed by atoms with Crippen molar-refractivity contribution < 1.29 is 4.79 Å². The van der Waals surface area contributed by atoms with E-state index in [0.717, 1.165) is 30.1 Å². The Bertz CT molecular complexity index is 414. The Kier molecular flexibility index (Phi) is 1.91. The van der Waals surface area contributed by atoms with Crippen LogP contribution in [-0.2, 0) is 10.2 Å². The molecule has 1 aliphatic heterocycles. The van der Waals surface area contributed by atoms with Crippen LogP contribution < -0.4 is 5.32 Å². The van der Waals surface area contributed by atoms with Crippen molar-refractivity contribution in [2.45, 2.75) is 11.8 Å². The highest BCUT2D eigenvalue weighted by atomic mass is 35.5. The van der Waals surface area contributed by atoms with E-state index in [1.807, 2.05) is 24.3 Å². The monoisotopic (exact) mass is 221 g/mol. The first kappa shape index (κ1) is 9.37. The molecule has 1 saturated carbocycles. The molecule has 1 saturated heterocycles. The third-order valence-electron chi connectivity index (χ3n) is 3.78. The summed E-state index contributed by atoms with van der Waals surface area (Å²) in [4.78, 5) is 11.8. The van der Waals surface area contributed by atoms with Crippen molar-refractivity contribution in [1.29, 1.82) is 0 Å². The lowest BCUT2D eigenvalue weighted by molar-refractivity contribution is -0.134. The third kappa shape index (κ3) is 1.12. The van der Waals surface area contributed by atoms with Crippen molar-refractivity contribution in [1.82, 2.24) is 5.32 Å². The summed E-state index contributed by atoms with van der Waals surface area (Å²) in [6.07, 6.45) is 0.732. The highest BCUT2D eigenvalue weighted by Gasteiger charge is 2.58. The molecule has 2 nitrogen and oxygen atoms in total. The van der Waals surface area contributed by atoms with Crippen LogP contribution in [0.25, 0.3) is 0 Å². The second-order valence-corrected chi connectivity index (χ2v) is 4.87. The van der Waals surface area contributed by atoms with Crippen molar-refractivity contribution in [2.75, 3.05) is 13.1 Å². The molecule has 0 amide bonds. The molecule has 78 valence electrons. The molecule has 3 rings (SSSR count). The molecule has 0 bridgehead atoms. The predicted octanol–water partition coefficient (Wildman–Crippen LogP) is 1.77. The van der Waals surface area contributed by atoms with Gasteiger partial charge in [0.05, 0.1) is 5.41 Å². The fourth-order valence-corrected chi connectivity index (χ4v) is 2.98. The molecule has 1 heterocycles. The van der Waals surface area contributed by atoms with Gasteiger partial charge in [0.25, 0.3) is 0 Å². The van der Waals surface area contributed by atoms with Gasteiger partial charge in [-0.2, -0.15) is 0 Å². The van der Waals surface area contributed by atoms with Gasteiger partial charge in [-0.3, -0.25) is 4.79 Å². The SMILES string of the molecule is O=C1CC2CNCC12c1ccc(Cl)cc1. The topological polar surface area (TPSA) is 29.1 Å². The smallest absolute Gasteiger partial charge is 0.145 e. The first-order valence-corrected chi connectivity index (χ1v) is 5.61. The predicted molar refractivity (Wildman–Crippen MR) is 59.1 cm³/mol. The lowest BCUT2D eigenvalue weighted by atomic mass is 9.57. The number of hydrogen-bond acceptors (Lipinski definition) is 2. The van der Waals surface area contributed by atoms with Gasteiger partial charge in [-0.25, -0.2) is 0 Å². The molecule has 0 spiro atoms. The first-order chi connectivity index (χ1) is 7.23. The highest BCUT2D eigenvalue weighted by Crippen LogP contribution is 2.48. The number of fused-ring (bicyclic) bond motifs is 1. The van der Waals surface area contributed by atoms with E-state index in [1.54, 1.807) is 0 Å². The van der Waals surface area contributed by atoms with Crippen molar-refractivity contribution in [3.05, 3.63) is 34.9 Å². The van der Waals surface area contributed by atoms with Gasteiger partial charge in [-0.1, -0.05) is 23.7 Å². The lowest BCUT2D eigenvalue weighted by Gasteiger charge is -2.42. The molecular formula is C12H12ClNO. The molecule has 0 radical (unpaired) electrons. The summed E-state index contributed by atoms with van der Waals surface area (Å²) in [5.41, 5.74) is 0.892. The Morgan fingerprint density at radius 3 is 2.67 bits per heavy atom. The maximum Gasteiger partial charge on any atom is 0.145 e. The van der Waals surface area contributed by atoms with E-state index in [9.17, 15) is 4.79 Å². The van der Waals surface area contributed by atoms with Crippen LogP contribution in [-0.4, -0.2) is 18.9 Å². The average molecular weight is 222 g/mol. The van der Waals surface area contributed by atoms with Crippen LogP contribution in [0.15, 0.2) is 24.3 Å². The number of ketones is 1. The lowest BCUT2D eigenvalue weighted by Crippen LogP contribution is -2.53. The zero-order chi connectivity index (χ0) is 10.5. The molecule has 1 N–H and O–H groups in total. The van der Waals surface area contributed by atoms with E-state index < -0.39 is 0 Å². The molecule has 15 heavy (non-hydrogen) atoms. The molecule has 2 atom stereocenters. The zero-order valence-corrected chi connectivity index (χ0v) is 9.05. The summed E-state index contributed by atoms with van der Waals surface area (Å²) >= 11 is 5.85. The number of halogens is 1.